The molecular weight excluding hydrogens is 386 g/mol. The second-order valence-corrected chi connectivity index (χ2v) is 9.53. The zero-order valence-electron chi connectivity index (χ0n) is 18.6. The van der Waals surface area contributed by atoms with E-state index in [-0.39, 0.29) is 17.4 Å². The average Bonchev–Trinajstić information content (AvgIpc) is 3.41. The van der Waals surface area contributed by atoms with E-state index in [2.05, 4.69) is 24.3 Å². The van der Waals surface area contributed by atoms with Crippen LogP contribution in [0.25, 0.3) is 0 Å². The van der Waals surface area contributed by atoms with Crippen LogP contribution in [0, 0.1) is 13.8 Å². The highest BCUT2D eigenvalue weighted by atomic mass is 16.2. The molecule has 5 heteroatoms. The van der Waals surface area contributed by atoms with E-state index in [0.717, 1.165) is 80.8 Å². The van der Waals surface area contributed by atoms with Gasteiger partial charge in [0, 0.05) is 49.4 Å². The number of carbonyl (C=O) groups excluding carboxylic acids is 2. The number of piperidine rings is 1. The third-order valence-corrected chi connectivity index (χ3v) is 7.31. The Kier molecular flexibility index (Phi) is 4.99. The molecule has 3 aliphatic rings. The lowest BCUT2D eigenvalue weighted by Crippen LogP contribution is -2.49. The molecule has 2 aromatic carbocycles. The van der Waals surface area contributed by atoms with E-state index in [1.165, 1.54) is 5.56 Å². The fraction of sp³-hybridized carbons (Fsp3) is 0.462. The number of anilines is 1. The van der Waals surface area contributed by atoms with Gasteiger partial charge in [-0.15, -0.1) is 0 Å². The summed E-state index contributed by atoms with van der Waals surface area (Å²) in [7, 11) is 0. The average molecular weight is 418 g/mol. The number of nitrogens with zero attached hydrogens (tertiary/aromatic N) is 3. The molecule has 5 nitrogen and oxygen atoms in total. The Bertz CT molecular complexity index is 997. The first-order chi connectivity index (χ1) is 15.0. The van der Waals surface area contributed by atoms with E-state index < -0.39 is 0 Å². The molecule has 3 amide bonds. The molecule has 31 heavy (non-hydrogen) atoms. The van der Waals surface area contributed by atoms with Crippen molar-refractivity contribution in [1.82, 2.24) is 9.80 Å². The van der Waals surface area contributed by atoms with Crippen LogP contribution in [0.2, 0.25) is 0 Å². The predicted octanol–water partition coefficient (Wildman–Crippen LogP) is 4.51. The van der Waals surface area contributed by atoms with Crippen molar-refractivity contribution < 1.29 is 9.59 Å². The van der Waals surface area contributed by atoms with Crippen LogP contribution in [-0.4, -0.2) is 54.5 Å². The summed E-state index contributed by atoms with van der Waals surface area (Å²) in [6, 6.07) is 14.6. The van der Waals surface area contributed by atoms with Crippen LogP contribution in [0.5, 0.6) is 0 Å². The van der Waals surface area contributed by atoms with Gasteiger partial charge in [-0.3, -0.25) is 9.69 Å². The Hall–Kier alpha value is -2.82. The maximum atomic E-state index is 13.2. The predicted molar refractivity (Wildman–Crippen MR) is 123 cm³/mol. The fourth-order valence-electron chi connectivity index (χ4n) is 5.73. The molecule has 3 heterocycles. The molecule has 0 saturated carbocycles. The summed E-state index contributed by atoms with van der Waals surface area (Å²) in [4.78, 5) is 32.4. The molecule has 2 fully saturated rings. The van der Waals surface area contributed by atoms with Gasteiger partial charge < -0.3 is 9.80 Å². The number of fused-ring (bicyclic) bond motifs is 2. The lowest BCUT2D eigenvalue weighted by atomic mass is 9.74. The number of urea groups is 1. The highest BCUT2D eigenvalue weighted by molar-refractivity contribution is 5.96. The molecule has 0 unspecified atom stereocenters. The van der Waals surface area contributed by atoms with E-state index in [1.54, 1.807) is 0 Å². The second-order valence-electron chi connectivity index (χ2n) is 9.53. The third kappa shape index (κ3) is 3.50. The molecule has 0 radical (unpaired) electrons. The maximum absolute atomic E-state index is 13.2. The number of amides is 3. The number of likely N-dealkylation sites (tertiary alicyclic amines) is 2. The standard InChI is InChI=1S/C26H31N3O2/c1-19-15-20(2)17-21(16-19)24(30)27-13-9-26(10-14-27)18-29(23-8-4-3-7-22(23)26)25(31)28-11-5-6-12-28/h3-4,7-8,15-17H,5-6,9-14,18H2,1-2H3. The number of para-hydroxylation sites is 1. The Morgan fingerprint density at radius 2 is 1.48 bits per heavy atom. The van der Waals surface area contributed by atoms with Gasteiger partial charge in [-0.05, 0) is 63.3 Å². The Labute approximate surface area is 184 Å². The molecular formula is C26H31N3O2. The van der Waals surface area contributed by atoms with Crippen molar-refractivity contribution in [3.63, 3.8) is 0 Å². The van der Waals surface area contributed by atoms with Gasteiger partial charge in [-0.2, -0.15) is 0 Å². The van der Waals surface area contributed by atoms with E-state index in [0.29, 0.717) is 0 Å². The quantitative estimate of drug-likeness (QED) is 0.685. The lowest BCUT2D eigenvalue weighted by molar-refractivity contribution is 0.0673. The van der Waals surface area contributed by atoms with Gasteiger partial charge in [0.2, 0.25) is 0 Å². The van der Waals surface area contributed by atoms with E-state index in [4.69, 9.17) is 0 Å². The first-order valence-corrected chi connectivity index (χ1v) is 11.5. The van der Waals surface area contributed by atoms with Crippen molar-refractivity contribution in [2.75, 3.05) is 37.6 Å². The van der Waals surface area contributed by atoms with Gasteiger partial charge in [-0.1, -0.05) is 35.4 Å². The molecule has 0 aromatic heterocycles. The van der Waals surface area contributed by atoms with Gasteiger partial charge in [0.15, 0.2) is 0 Å². The normalized spacial score (nSPS) is 19.7. The SMILES string of the molecule is Cc1cc(C)cc(C(=O)N2CCC3(CC2)CN(C(=O)N2CCCC2)c2ccccc23)c1. The Morgan fingerprint density at radius 1 is 0.839 bits per heavy atom. The summed E-state index contributed by atoms with van der Waals surface area (Å²) >= 11 is 0. The fourth-order valence-corrected chi connectivity index (χ4v) is 5.73. The number of rotatable bonds is 1. The molecule has 2 saturated heterocycles. The molecule has 162 valence electrons. The number of aryl methyl sites for hydroxylation is 2. The number of hydrogen-bond acceptors (Lipinski definition) is 2. The topological polar surface area (TPSA) is 43.9 Å². The van der Waals surface area contributed by atoms with Crippen molar-refractivity contribution in [3.8, 4) is 0 Å². The maximum Gasteiger partial charge on any atom is 0.324 e. The number of benzene rings is 2. The van der Waals surface area contributed by atoms with Crippen LogP contribution >= 0.6 is 0 Å². The molecule has 0 bridgehead atoms. The van der Waals surface area contributed by atoms with Gasteiger partial charge in [0.05, 0.1) is 0 Å². The molecule has 1 spiro atoms. The van der Waals surface area contributed by atoms with Gasteiger partial charge in [0.25, 0.3) is 5.91 Å². The third-order valence-electron chi connectivity index (χ3n) is 7.31. The van der Waals surface area contributed by atoms with Crippen LogP contribution < -0.4 is 4.90 Å². The lowest BCUT2D eigenvalue weighted by Gasteiger charge is -2.40. The molecule has 0 atom stereocenters. The van der Waals surface area contributed by atoms with Crippen LogP contribution in [0.15, 0.2) is 42.5 Å². The molecule has 5 rings (SSSR count). The summed E-state index contributed by atoms with van der Waals surface area (Å²) in [5.41, 5.74) is 5.32. The zero-order chi connectivity index (χ0) is 21.6. The number of carbonyl (C=O) groups is 2. The minimum atomic E-state index is -0.0503. The first kappa shape index (κ1) is 20.1. The van der Waals surface area contributed by atoms with Gasteiger partial charge in [-0.25, -0.2) is 4.79 Å². The van der Waals surface area contributed by atoms with Crippen molar-refractivity contribution >= 4 is 17.6 Å². The van der Waals surface area contributed by atoms with E-state index in [1.807, 2.05) is 46.7 Å². The molecule has 2 aromatic rings. The molecule has 3 aliphatic heterocycles. The summed E-state index contributed by atoms with van der Waals surface area (Å²) < 4.78 is 0. The van der Waals surface area contributed by atoms with E-state index >= 15 is 0 Å². The zero-order valence-corrected chi connectivity index (χ0v) is 18.6. The minimum absolute atomic E-state index is 0.0503. The van der Waals surface area contributed by atoms with Crippen molar-refractivity contribution in [1.29, 1.82) is 0 Å². The van der Waals surface area contributed by atoms with Gasteiger partial charge >= 0.3 is 6.03 Å². The van der Waals surface area contributed by atoms with Crippen LogP contribution in [-0.2, 0) is 5.41 Å². The van der Waals surface area contributed by atoms with Crippen molar-refractivity contribution in [2.24, 2.45) is 0 Å². The van der Waals surface area contributed by atoms with Crippen LogP contribution in [0.4, 0.5) is 10.5 Å². The Balaban J connectivity index is 1.36. The summed E-state index contributed by atoms with van der Waals surface area (Å²) in [5.74, 6) is 0.123. The summed E-state index contributed by atoms with van der Waals surface area (Å²) in [5, 5.41) is 0. The van der Waals surface area contributed by atoms with Crippen molar-refractivity contribution in [2.45, 2.75) is 44.9 Å². The smallest absolute Gasteiger partial charge is 0.324 e. The highest BCUT2D eigenvalue weighted by Crippen LogP contribution is 2.47. The Morgan fingerprint density at radius 3 is 2.16 bits per heavy atom. The molecule has 0 aliphatic carbocycles. The largest absolute Gasteiger partial charge is 0.339 e. The van der Waals surface area contributed by atoms with E-state index in [9.17, 15) is 9.59 Å². The van der Waals surface area contributed by atoms with Crippen LogP contribution in [0.1, 0.15) is 52.7 Å². The molecule has 0 N–H and O–H groups in total. The van der Waals surface area contributed by atoms with Gasteiger partial charge in [0.1, 0.15) is 0 Å². The summed E-state index contributed by atoms with van der Waals surface area (Å²) in [6.07, 6.45) is 3.98. The van der Waals surface area contributed by atoms with Crippen LogP contribution in [0.3, 0.4) is 0 Å². The highest BCUT2D eigenvalue weighted by Gasteiger charge is 2.47. The number of hydrogen-bond donors (Lipinski definition) is 0. The minimum Gasteiger partial charge on any atom is -0.339 e. The second kappa shape index (κ2) is 7.70. The first-order valence-electron chi connectivity index (χ1n) is 11.5. The monoisotopic (exact) mass is 417 g/mol. The van der Waals surface area contributed by atoms with Crippen molar-refractivity contribution in [3.05, 3.63) is 64.7 Å². The summed E-state index contributed by atoms with van der Waals surface area (Å²) in [6.45, 7) is 7.99.